The molecule has 11 heteroatoms. The molecule has 0 aliphatic carbocycles. The van der Waals surface area contributed by atoms with Crippen molar-refractivity contribution in [3.05, 3.63) is 71.1 Å². The van der Waals surface area contributed by atoms with Crippen molar-refractivity contribution >= 4 is 46.7 Å². The number of amides is 1. The third kappa shape index (κ3) is 6.63. The largest absolute Gasteiger partial charge is 0.369 e. The molecule has 39 heavy (non-hydrogen) atoms. The number of anilines is 4. The van der Waals surface area contributed by atoms with E-state index in [-0.39, 0.29) is 11.6 Å². The highest BCUT2D eigenvalue weighted by Crippen LogP contribution is 2.28. The Bertz CT molecular complexity index is 1370. The standard InChI is InChI=1S/C28H30ClN9O/c1-36-12-14-37(15-13-36)24-4-2-22(3-5-24)34-28-32-18-25(29)26(35-28)38-11-8-23(19-38)33-27(39)21(17-30)16-20-6-9-31-10-7-20/h2-7,9-10,16,18,23H,8,11-15,19H2,1H3,(H,33,39)(H,32,34,35)/b21-16+/t23-/m1/s1. The third-order valence-electron chi connectivity index (χ3n) is 6.92. The van der Waals surface area contributed by atoms with Crippen molar-refractivity contribution in [3.8, 4) is 6.07 Å². The number of rotatable bonds is 7. The molecule has 2 N–H and O–H groups in total. The van der Waals surface area contributed by atoms with Crippen molar-refractivity contribution in [2.45, 2.75) is 12.5 Å². The van der Waals surface area contributed by atoms with Crippen molar-refractivity contribution in [2.24, 2.45) is 0 Å². The number of carbonyl (C=O) groups excluding carboxylic acids is 1. The van der Waals surface area contributed by atoms with Gasteiger partial charge in [-0.15, -0.1) is 0 Å². The first-order valence-electron chi connectivity index (χ1n) is 12.9. The lowest BCUT2D eigenvalue weighted by atomic mass is 10.1. The molecule has 1 amide bonds. The van der Waals surface area contributed by atoms with E-state index in [1.54, 1.807) is 36.8 Å². The summed E-state index contributed by atoms with van der Waals surface area (Å²) in [4.78, 5) is 32.5. The van der Waals surface area contributed by atoms with Gasteiger partial charge >= 0.3 is 0 Å². The summed E-state index contributed by atoms with van der Waals surface area (Å²) in [6.07, 6.45) is 7.08. The van der Waals surface area contributed by atoms with E-state index in [4.69, 9.17) is 11.6 Å². The minimum absolute atomic E-state index is 0.0462. The molecule has 2 saturated heterocycles. The van der Waals surface area contributed by atoms with Gasteiger partial charge in [0.05, 0.1) is 6.20 Å². The lowest BCUT2D eigenvalue weighted by Gasteiger charge is -2.34. The molecule has 0 unspecified atom stereocenters. The van der Waals surface area contributed by atoms with E-state index >= 15 is 0 Å². The molecule has 0 bridgehead atoms. The number of hydrogen-bond acceptors (Lipinski definition) is 9. The fraction of sp³-hybridized carbons (Fsp3) is 0.321. The van der Waals surface area contributed by atoms with Crippen LogP contribution in [0.1, 0.15) is 12.0 Å². The molecule has 2 aliphatic heterocycles. The van der Waals surface area contributed by atoms with Crippen molar-refractivity contribution in [1.29, 1.82) is 5.26 Å². The normalized spacial score (nSPS) is 18.1. The van der Waals surface area contributed by atoms with Crippen LogP contribution in [0.3, 0.4) is 0 Å². The van der Waals surface area contributed by atoms with Crippen LogP contribution < -0.4 is 20.4 Å². The van der Waals surface area contributed by atoms with Crippen molar-refractivity contribution in [3.63, 3.8) is 0 Å². The predicted molar refractivity (Wildman–Crippen MR) is 153 cm³/mol. The zero-order valence-electron chi connectivity index (χ0n) is 21.7. The maximum absolute atomic E-state index is 12.7. The number of nitriles is 1. The number of halogens is 1. The molecule has 5 rings (SSSR count). The SMILES string of the molecule is CN1CCN(c2ccc(Nc3ncc(Cl)c(N4CC[C@@H](NC(=O)/C(C#N)=C/c5ccncc5)C4)n3)cc2)CC1. The Labute approximate surface area is 232 Å². The minimum atomic E-state index is -0.405. The summed E-state index contributed by atoms with van der Waals surface area (Å²) in [5.41, 5.74) is 2.88. The number of pyridine rings is 1. The van der Waals surface area contributed by atoms with Crippen LogP contribution in [0, 0.1) is 11.3 Å². The van der Waals surface area contributed by atoms with Crippen molar-refractivity contribution in [2.75, 3.05) is 61.4 Å². The molecule has 4 heterocycles. The van der Waals surface area contributed by atoms with E-state index in [2.05, 4.69) is 54.6 Å². The topological polar surface area (TPSA) is 113 Å². The first kappa shape index (κ1) is 26.4. The van der Waals surface area contributed by atoms with Crippen molar-refractivity contribution in [1.82, 2.24) is 25.2 Å². The summed E-state index contributed by atoms with van der Waals surface area (Å²) in [7, 11) is 2.15. The maximum atomic E-state index is 12.7. The Morgan fingerprint density at radius 3 is 2.54 bits per heavy atom. The average molecular weight is 544 g/mol. The van der Waals surface area contributed by atoms with Gasteiger partial charge in [-0.3, -0.25) is 9.78 Å². The second-order valence-electron chi connectivity index (χ2n) is 9.68. The zero-order chi connectivity index (χ0) is 27.2. The van der Waals surface area contributed by atoms with Crippen LogP contribution in [0.5, 0.6) is 0 Å². The van der Waals surface area contributed by atoms with Crippen LogP contribution in [0.2, 0.25) is 5.02 Å². The summed E-state index contributed by atoms with van der Waals surface area (Å²) in [5, 5.41) is 16.2. The number of nitrogens with zero attached hydrogens (tertiary/aromatic N) is 7. The second kappa shape index (κ2) is 12.1. The van der Waals surface area contributed by atoms with Crippen molar-refractivity contribution < 1.29 is 4.79 Å². The molecule has 2 aliphatic rings. The minimum Gasteiger partial charge on any atom is -0.369 e. The highest BCUT2D eigenvalue weighted by Gasteiger charge is 2.27. The molecule has 2 fully saturated rings. The van der Waals surface area contributed by atoms with Gasteiger partial charge in [0, 0.05) is 69.1 Å². The van der Waals surface area contributed by atoms with Gasteiger partial charge in [0.1, 0.15) is 16.7 Å². The van der Waals surface area contributed by atoms with E-state index < -0.39 is 5.91 Å². The van der Waals surface area contributed by atoms with Gasteiger partial charge in [0.15, 0.2) is 5.82 Å². The highest BCUT2D eigenvalue weighted by atomic mass is 35.5. The van der Waals surface area contributed by atoms with E-state index in [0.29, 0.717) is 36.3 Å². The van der Waals surface area contributed by atoms with Gasteiger partial charge in [0.25, 0.3) is 5.91 Å². The highest BCUT2D eigenvalue weighted by molar-refractivity contribution is 6.32. The van der Waals surface area contributed by atoms with Gasteiger partial charge in [-0.05, 0) is 61.5 Å². The molecule has 0 saturated carbocycles. The number of nitrogens with one attached hydrogen (secondary N) is 2. The van der Waals surface area contributed by atoms with Crippen LogP contribution >= 0.6 is 11.6 Å². The van der Waals surface area contributed by atoms with Gasteiger partial charge in [0.2, 0.25) is 5.95 Å². The third-order valence-corrected chi connectivity index (χ3v) is 7.19. The number of benzene rings is 1. The summed E-state index contributed by atoms with van der Waals surface area (Å²) >= 11 is 6.46. The lowest BCUT2D eigenvalue weighted by molar-refractivity contribution is -0.117. The first-order chi connectivity index (χ1) is 19.0. The average Bonchev–Trinajstić information content (AvgIpc) is 3.42. The zero-order valence-corrected chi connectivity index (χ0v) is 22.5. The van der Waals surface area contributed by atoms with Gasteiger partial charge in [-0.1, -0.05) is 11.6 Å². The van der Waals surface area contributed by atoms with E-state index in [1.165, 1.54) is 5.69 Å². The molecule has 0 spiro atoms. The molecular formula is C28H30ClN9O. The van der Waals surface area contributed by atoms with Crippen LogP contribution in [-0.2, 0) is 4.79 Å². The summed E-state index contributed by atoms with van der Waals surface area (Å²) in [6, 6.07) is 13.6. The Morgan fingerprint density at radius 1 is 1.08 bits per heavy atom. The smallest absolute Gasteiger partial charge is 0.262 e. The maximum Gasteiger partial charge on any atom is 0.262 e. The number of likely N-dealkylation sites (N-methyl/N-ethyl adjacent to an activating group) is 1. The Morgan fingerprint density at radius 2 is 1.82 bits per heavy atom. The van der Waals surface area contributed by atoms with E-state index in [0.717, 1.165) is 37.4 Å². The predicted octanol–water partition coefficient (Wildman–Crippen LogP) is 3.32. The Kier molecular flexibility index (Phi) is 8.20. The molecule has 1 atom stereocenters. The fourth-order valence-electron chi connectivity index (χ4n) is 4.70. The van der Waals surface area contributed by atoms with Crippen LogP contribution in [0.15, 0.2) is 60.6 Å². The first-order valence-corrected chi connectivity index (χ1v) is 13.3. The quantitative estimate of drug-likeness (QED) is 0.342. The molecular weight excluding hydrogens is 514 g/mol. The monoisotopic (exact) mass is 543 g/mol. The summed E-state index contributed by atoms with van der Waals surface area (Å²) in [6.45, 7) is 5.34. The Balaban J connectivity index is 1.20. The molecule has 2 aromatic heterocycles. The number of piperazine rings is 1. The molecule has 1 aromatic carbocycles. The lowest BCUT2D eigenvalue weighted by Crippen LogP contribution is -2.44. The summed E-state index contributed by atoms with van der Waals surface area (Å²) < 4.78 is 0. The fourth-order valence-corrected chi connectivity index (χ4v) is 4.91. The van der Waals surface area contributed by atoms with Crippen LogP contribution in [-0.4, -0.2) is 78.1 Å². The van der Waals surface area contributed by atoms with Gasteiger partial charge < -0.3 is 25.3 Å². The Hall–Kier alpha value is -4.20. The number of hydrogen-bond donors (Lipinski definition) is 2. The second-order valence-corrected chi connectivity index (χ2v) is 10.1. The molecule has 0 radical (unpaired) electrons. The van der Waals surface area contributed by atoms with Crippen LogP contribution in [0.4, 0.5) is 23.1 Å². The van der Waals surface area contributed by atoms with E-state index in [1.807, 2.05) is 23.1 Å². The van der Waals surface area contributed by atoms with Crippen LogP contribution in [0.25, 0.3) is 6.08 Å². The number of aromatic nitrogens is 3. The van der Waals surface area contributed by atoms with Gasteiger partial charge in [-0.2, -0.15) is 10.2 Å². The summed E-state index contributed by atoms with van der Waals surface area (Å²) in [5.74, 6) is 0.645. The molecule has 3 aromatic rings. The number of carbonyl (C=O) groups is 1. The molecule has 10 nitrogen and oxygen atoms in total. The van der Waals surface area contributed by atoms with Gasteiger partial charge in [-0.25, -0.2) is 4.98 Å². The molecule has 200 valence electrons. The van der Waals surface area contributed by atoms with E-state index in [9.17, 15) is 10.1 Å².